The van der Waals surface area contributed by atoms with Crippen LogP contribution in [0, 0.1) is 13.8 Å². The Kier molecular flexibility index (Phi) is 4.30. The van der Waals surface area contributed by atoms with E-state index >= 15 is 4.39 Å². The summed E-state index contributed by atoms with van der Waals surface area (Å²) in [6.45, 7) is 7.71. The van der Waals surface area contributed by atoms with Crippen LogP contribution in [0.5, 0.6) is 0 Å². The maximum atomic E-state index is 15.6. The van der Waals surface area contributed by atoms with Gasteiger partial charge in [-0.15, -0.1) is 0 Å². The molecule has 1 aromatic carbocycles. The first-order valence-electron chi connectivity index (χ1n) is 10.5. The topological polar surface area (TPSA) is 41.3 Å². The van der Waals surface area contributed by atoms with E-state index in [1.165, 1.54) is 5.56 Å². The Morgan fingerprint density at radius 3 is 2.90 bits per heavy atom. The number of fused-ring (bicyclic) bond motifs is 5. The Morgan fingerprint density at radius 1 is 1.31 bits per heavy atom. The molecule has 3 unspecified atom stereocenters. The fourth-order valence-corrected chi connectivity index (χ4v) is 5.52. The summed E-state index contributed by atoms with van der Waals surface area (Å²) in [6.07, 6.45) is 4.54. The Balaban J connectivity index is 1.75. The molecule has 0 radical (unpaired) electrons. The molecule has 2 aliphatic rings. The summed E-state index contributed by atoms with van der Waals surface area (Å²) >= 11 is 0. The average molecular weight is 394 g/mol. The molecule has 1 N–H and O–H groups in total. The summed E-state index contributed by atoms with van der Waals surface area (Å²) in [5.41, 5.74) is 4.90. The summed E-state index contributed by atoms with van der Waals surface area (Å²) in [6, 6.07) is 8.35. The van der Waals surface area contributed by atoms with Gasteiger partial charge in [0.05, 0.1) is 17.8 Å². The highest BCUT2D eigenvalue weighted by Crippen LogP contribution is 2.48. The van der Waals surface area contributed by atoms with Crippen molar-refractivity contribution in [3.63, 3.8) is 0 Å². The number of benzene rings is 1. The molecule has 29 heavy (non-hydrogen) atoms. The van der Waals surface area contributed by atoms with Crippen LogP contribution in [-0.2, 0) is 12.1 Å². The number of alkyl halides is 1. The molecule has 3 atom stereocenters. The normalized spacial score (nSPS) is 23.8. The van der Waals surface area contributed by atoms with Crippen LogP contribution in [0.1, 0.15) is 59.9 Å². The highest BCUT2D eigenvalue weighted by atomic mass is 19.1. The molecule has 4 heterocycles. The van der Waals surface area contributed by atoms with Gasteiger partial charge in [-0.25, -0.2) is 4.39 Å². The molecular formula is C24H28FN3O. The fraction of sp³-hybridized carbons (Fsp3) is 0.458. The quantitative estimate of drug-likeness (QED) is 0.700. The molecule has 4 nitrogen and oxygen atoms in total. The third-order valence-corrected chi connectivity index (χ3v) is 6.71. The SMILES string of the molecule is Cc1cc(C)c2c(c1)c1c(n2CC(C)(O)c2cccnc2)C(F)CN2CCCC12. The minimum atomic E-state index is -1.14. The summed E-state index contributed by atoms with van der Waals surface area (Å²) in [5, 5.41) is 12.5. The van der Waals surface area contributed by atoms with Gasteiger partial charge >= 0.3 is 0 Å². The molecule has 5 heteroatoms. The van der Waals surface area contributed by atoms with Crippen molar-refractivity contribution >= 4 is 10.9 Å². The minimum Gasteiger partial charge on any atom is -0.384 e. The second-order valence-corrected chi connectivity index (χ2v) is 9.00. The largest absolute Gasteiger partial charge is 0.384 e. The standard InChI is InChI=1S/C24H28FN3O/c1-15-10-16(2)22-18(11-15)21-20-7-5-9-27(20)13-19(25)23(21)28(22)14-24(3,29)17-6-4-8-26-12-17/h4,6,8,10-12,19-20,29H,5,7,9,13-14H2,1-3H3. The molecule has 2 aliphatic heterocycles. The van der Waals surface area contributed by atoms with Gasteiger partial charge < -0.3 is 9.67 Å². The molecule has 1 fully saturated rings. The first kappa shape index (κ1) is 18.8. The number of aryl methyl sites for hydroxylation is 2. The van der Waals surface area contributed by atoms with Gasteiger partial charge in [-0.3, -0.25) is 9.88 Å². The van der Waals surface area contributed by atoms with Crippen LogP contribution >= 0.6 is 0 Å². The second-order valence-electron chi connectivity index (χ2n) is 9.00. The van der Waals surface area contributed by atoms with Gasteiger partial charge in [0, 0.05) is 41.5 Å². The summed E-state index contributed by atoms with van der Waals surface area (Å²) in [5.74, 6) is 0. The number of halogens is 1. The predicted molar refractivity (Wildman–Crippen MR) is 113 cm³/mol. The van der Waals surface area contributed by atoms with Crippen LogP contribution < -0.4 is 0 Å². The highest BCUT2D eigenvalue weighted by Gasteiger charge is 2.41. The van der Waals surface area contributed by atoms with Crippen molar-refractivity contribution in [2.45, 2.75) is 58.0 Å². The van der Waals surface area contributed by atoms with Gasteiger partial charge in [0.25, 0.3) is 0 Å². The monoisotopic (exact) mass is 393 g/mol. The molecule has 2 aromatic heterocycles. The average Bonchev–Trinajstić information content (AvgIpc) is 3.25. The molecular weight excluding hydrogens is 365 g/mol. The number of hydrogen-bond donors (Lipinski definition) is 1. The zero-order valence-corrected chi connectivity index (χ0v) is 17.3. The fourth-order valence-electron chi connectivity index (χ4n) is 5.52. The lowest BCUT2D eigenvalue weighted by molar-refractivity contribution is 0.0360. The van der Waals surface area contributed by atoms with E-state index in [0.29, 0.717) is 13.1 Å². The van der Waals surface area contributed by atoms with E-state index in [9.17, 15) is 5.11 Å². The third-order valence-electron chi connectivity index (χ3n) is 6.71. The van der Waals surface area contributed by atoms with E-state index in [1.807, 2.05) is 12.1 Å². The molecule has 3 aromatic rings. The number of pyridine rings is 1. The van der Waals surface area contributed by atoms with Crippen molar-refractivity contribution in [2.75, 3.05) is 13.1 Å². The van der Waals surface area contributed by atoms with E-state index in [1.54, 1.807) is 19.3 Å². The van der Waals surface area contributed by atoms with Crippen molar-refractivity contribution in [1.82, 2.24) is 14.5 Å². The number of hydrogen-bond acceptors (Lipinski definition) is 3. The van der Waals surface area contributed by atoms with E-state index in [2.05, 4.69) is 40.4 Å². The smallest absolute Gasteiger partial charge is 0.153 e. The molecule has 0 amide bonds. The molecule has 0 aliphatic carbocycles. The molecule has 0 saturated carbocycles. The van der Waals surface area contributed by atoms with Crippen molar-refractivity contribution in [3.05, 3.63) is 64.6 Å². The zero-order chi connectivity index (χ0) is 20.3. The molecule has 152 valence electrons. The lowest BCUT2D eigenvalue weighted by Gasteiger charge is -2.34. The highest BCUT2D eigenvalue weighted by molar-refractivity contribution is 5.90. The Labute approximate surface area is 171 Å². The summed E-state index contributed by atoms with van der Waals surface area (Å²) in [4.78, 5) is 6.47. The van der Waals surface area contributed by atoms with E-state index in [-0.39, 0.29) is 6.04 Å². The van der Waals surface area contributed by atoms with Gasteiger partial charge in [0.1, 0.15) is 5.60 Å². The van der Waals surface area contributed by atoms with Gasteiger partial charge in [-0.2, -0.15) is 0 Å². The Bertz CT molecular complexity index is 1070. The third kappa shape index (κ3) is 2.90. The Morgan fingerprint density at radius 2 is 2.14 bits per heavy atom. The van der Waals surface area contributed by atoms with Crippen LogP contribution in [0.2, 0.25) is 0 Å². The second kappa shape index (κ2) is 6.64. The molecule has 5 rings (SSSR count). The summed E-state index contributed by atoms with van der Waals surface area (Å²) < 4.78 is 17.6. The van der Waals surface area contributed by atoms with Crippen molar-refractivity contribution < 1.29 is 9.50 Å². The number of rotatable bonds is 3. The van der Waals surface area contributed by atoms with Crippen LogP contribution in [0.4, 0.5) is 4.39 Å². The minimum absolute atomic E-state index is 0.283. The lowest BCUT2D eigenvalue weighted by atomic mass is 9.93. The summed E-state index contributed by atoms with van der Waals surface area (Å²) in [7, 11) is 0. The predicted octanol–water partition coefficient (Wildman–Crippen LogP) is 4.72. The lowest BCUT2D eigenvalue weighted by Crippen LogP contribution is -2.35. The van der Waals surface area contributed by atoms with Crippen LogP contribution in [-0.4, -0.2) is 32.6 Å². The molecule has 0 spiro atoms. The van der Waals surface area contributed by atoms with Crippen molar-refractivity contribution in [2.24, 2.45) is 0 Å². The number of aliphatic hydroxyl groups is 1. The van der Waals surface area contributed by atoms with Crippen LogP contribution in [0.15, 0.2) is 36.7 Å². The van der Waals surface area contributed by atoms with Crippen LogP contribution in [0.25, 0.3) is 10.9 Å². The van der Waals surface area contributed by atoms with E-state index in [0.717, 1.165) is 52.7 Å². The number of aromatic nitrogens is 2. The van der Waals surface area contributed by atoms with Gasteiger partial charge in [0.2, 0.25) is 0 Å². The number of nitrogens with zero attached hydrogens (tertiary/aromatic N) is 3. The zero-order valence-electron chi connectivity index (χ0n) is 17.3. The van der Waals surface area contributed by atoms with E-state index < -0.39 is 11.8 Å². The molecule has 1 saturated heterocycles. The van der Waals surface area contributed by atoms with Gasteiger partial charge in [-0.1, -0.05) is 17.7 Å². The molecule has 0 bridgehead atoms. The van der Waals surface area contributed by atoms with Crippen LogP contribution in [0.3, 0.4) is 0 Å². The van der Waals surface area contributed by atoms with Crippen molar-refractivity contribution in [1.29, 1.82) is 0 Å². The van der Waals surface area contributed by atoms with Crippen molar-refractivity contribution in [3.8, 4) is 0 Å². The first-order chi connectivity index (χ1) is 13.9. The maximum absolute atomic E-state index is 15.6. The first-order valence-corrected chi connectivity index (χ1v) is 10.5. The maximum Gasteiger partial charge on any atom is 0.153 e. The van der Waals surface area contributed by atoms with Gasteiger partial charge in [-0.05, 0) is 57.9 Å². The Hall–Kier alpha value is -2.24. The van der Waals surface area contributed by atoms with E-state index in [4.69, 9.17) is 0 Å². The van der Waals surface area contributed by atoms with Gasteiger partial charge in [0.15, 0.2) is 6.17 Å².